The Morgan fingerprint density at radius 1 is 0.510 bits per heavy atom. The van der Waals surface area contributed by atoms with Crippen LogP contribution in [0.2, 0.25) is 13.1 Å². The first-order chi connectivity index (χ1) is 22.6. The molecule has 0 heterocycles. The van der Waals surface area contributed by atoms with Crippen LogP contribution in [-0.2, 0) is 39.6 Å². The van der Waals surface area contributed by atoms with Crippen LogP contribution in [0.15, 0.2) is 97.1 Å². The van der Waals surface area contributed by atoms with Gasteiger partial charge in [0.15, 0.2) is 0 Å². The fraction of sp³-hybridized carbons (Fsp3) is 0.362. The molecule has 4 heteroatoms. The third-order valence-corrected chi connectivity index (χ3v) is 9.18. The van der Waals surface area contributed by atoms with Gasteiger partial charge in [-0.05, 0) is 44.1 Å². The molecule has 0 bridgehead atoms. The van der Waals surface area contributed by atoms with Crippen molar-refractivity contribution in [2.45, 2.75) is 112 Å². The molecule has 0 saturated carbocycles. The van der Waals surface area contributed by atoms with Crippen molar-refractivity contribution in [1.29, 1.82) is 0 Å². The Morgan fingerprint density at radius 3 is 1.49 bits per heavy atom. The van der Waals surface area contributed by atoms with Crippen LogP contribution in [-0.4, -0.2) is 5.43 Å². The molecule has 0 aliphatic carbocycles. The third kappa shape index (κ3) is 11.6. The van der Waals surface area contributed by atoms with Gasteiger partial charge < -0.3 is 24.8 Å². The fourth-order valence-corrected chi connectivity index (χ4v) is 6.28. The van der Waals surface area contributed by atoms with Crippen molar-refractivity contribution < 1.29 is 48.1 Å². The summed E-state index contributed by atoms with van der Waals surface area (Å²) in [6, 6.07) is 36.5. The van der Waals surface area contributed by atoms with E-state index in [-0.39, 0.29) is 46.5 Å². The molecule has 0 aromatic heterocycles. The number of halogens is 2. The zero-order valence-corrected chi connectivity index (χ0v) is 38.5. The molecule has 0 fully saturated rings. The van der Waals surface area contributed by atoms with E-state index >= 15 is 0 Å². The first-order valence-corrected chi connectivity index (χ1v) is 24.0. The normalized spacial score (nSPS) is 11.5. The van der Waals surface area contributed by atoms with Crippen molar-refractivity contribution >= 4 is 27.0 Å². The van der Waals surface area contributed by atoms with Gasteiger partial charge in [0.2, 0.25) is 0 Å². The van der Waals surface area contributed by atoms with Crippen LogP contribution in [0.5, 0.6) is 0 Å². The molecule has 51 heavy (non-hydrogen) atoms. The number of hydrogen-bond donors (Lipinski definition) is 0. The van der Waals surface area contributed by atoms with Crippen molar-refractivity contribution in [3.05, 3.63) is 130 Å². The van der Waals surface area contributed by atoms with Gasteiger partial charge in [-0.1, -0.05) is 149 Å². The predicted octanol–water partition coefficient (Wildman–Crippen LogP) is 8.06. The average molecular weight is 813 g/mol. The van der Waals surface area contributed by atoms with Gasteiger partial charge in [0.05, 0.1) is 0 Å². The van der Waals surface area contributed by atoms with E-state index in [1.54, 1.807) is 23.3 Å². The molecule has 0 spiro atoms. The minimum absolute atomic E-state index is 0. The summed E-state index contributed by atoms with van der Waals surface area (Å²) in [4.78, 5) is 0. The second kappa shape index (κ2) is 17.7. The van der Waals surface area contributed by atoms with E-state index in [0.29, 0.717) is 0 Å². The van der Waals surface area contributed by atoms with E-state index in [1.807, 2.05) is 0 Å². The maximum Gasteiger partial charge on any atom is -0.0132 e. The number of rotatable bonds is 2. The average Bonchev–Trinajstić information content (AvgIpc) is 3.58. The van der Waals surface area contributed by atoms with Gasteiger partial charge in [-0.3, -0.25) is 0 Å². The third-order valence-electron chi connectivity index (χ3n) is 9.18. The van der Waals surface area contributed by atoms with Gasteiger partial charge in [0.1, 0.15) is 0 Å². The Morgan fingerprint density at radius 2 is 0.980 bits per heavy atom. The molecule has 0 aliphatic rings. The van der Waals surface area contributed by atoms with Crippen LogP contribution in [0.1, 0.15) is 95.7 Å². The SMILES string of the molecule is C[Si](C)=[Zr+2].Cc1cc2c(-c3cc(C(C)(C)C)cc(C(C)(C)C)c3)ccc(C)c2[cH-]1.Cc1cc2c(-c3ccc(C(C)(C)C)cc3)cccc2[cH-]1.[Cl-].[Cl-]. The zero-order chi connectivity index (χ0) is 36.5. The molecule has 0 unspecified atom stereocenters. The van der Waals surface area contributed by atoms with Crippen LogP contribution in [0.4, 0.5) is 0 Å². The zero-order valence-electron chi connectivity index (χ0n) is 33.5. The van der Waals surface area contributed by atoms with Crippen LogP contribution in [0, 0.1) is 20.8 Å². The molecule has 0 nitrogen and oxygen atoms in total. The maximum atomic E-state index is 2.39. The Bertz CT molecular complexity index is 2030. The molecule has 0 amide bonds. The van der Waals surface area contributed by atoms with Crippen LogP contribution >= 0.6 is 0 Å². The maximum absolute atomic E-state index is 2.39. The second-order valence-corrected chi connectivity index (χ2v) is 26.6. The van der Waals surface area contributed by atoms with Crippen molar-refractivity contribution in [3.63, 3.8) is 0 Å². The van der Waals surface area contributed by atoms with Crippen LogP contribution < -0.4 is 24.8 Å². The topological polar surface area (TPSA) is 0 Å². The number of hydrogen-bond acceptors (Lipinski definition) is 0. The van der Waals surface area contributed by atoms with Crippen molar-refractivity contribution in [1.82, 2.24) is 0 Å². The molecular weight excluding hydrogens is 755 g/mol. The summed E-state index contributed by atoms with van der Waals surface area (Å²) < 4.78 is 0. The van der Waals surface area contributed by atoms with Gasteiger partial charge >= 0.3 is 41.9 Å². The molecule has 270 valence electrons. The molecule has 6 rings (SSSR count). The number of benzene rings is 4. The van der Waals surface area contributed by atoms with Gasteiger partial charge in [-0.15, -0.1) is 68.6 Å². The van der Waals surface area contributed by atoms with Gasteiger partial charge in [-0.25, -0.2) is 0 Å². The Balaban J connectivity index is 0.000000314. The molecule has 0 saturated heterocycles. The summed E-state index contributed by atoms with van der Waals surface area (Å²) in [5, 5.41) is 5.45. The second-order valence-electron chi connectivity index (χ2n) is 17.3. The van der Waals surface area contributed by atoms with E-state index in [4.69, 9.17) is 0 Å². The van der Waals surface area contributed by atoms with E-state index in [0.717, 1.165) is 0 Å². The predicted molar refractivity (Wildman–Crippen MR) is 218 cm³/mol. The van der Waals surface area contributed by atoms with Crippen molar-refractivity contribution in [2.24, 2.45) is 0 Å². The van der Waals surface area contributed by atoms with Crippen LogP contribution in [0.3, 0.4) is 0 Å². The monoisotopic (exact) mass is 810 g/mol. The standard InChI is InChI=1S/C25H31.C20H21.C2H6Si.2ClH.Zr/c1-16-11-22-17(2)9-10-21(23(22)12-16)18-13-19(24(3,4)5)15-20(14-18)25(6,7)8;1-14-12-16-6-5-7-18(19(16)13-14)15-8-10-17(11-9-15)20(2,3)4;1-3-2;;;/h9-15H,1-8H3;5-13H,1-4H3;1-2H3;2*1H;/q2*-1;;;;+2/p-2. The fourth-order valence-electron chi connectivity index (χ4n) is 6.28. The molecule has 6 aromatic carbocycles. The molecule has 0 radical (unpaired) electrons. The number of fused-ring (bicyclic) bond motifs is 2. The smallest absolute Gasteiger partial charge is 0.0132 e. The van der Waals surface area contributed by atoms with Crippen molar-refractivity contribution in [2.75, 3.05) is 0 Å². The molecule has 0 atom stereocenters. The van der Waals surface area contributed by atoms with Gasteiger partial charge in [-0.2, -0.15) is 12.1 Å². The van der Waals surface area contributed by atoms with E-state index in [1.165, 1.54) is 77.2 Å². The molecule has 0 aliphatic heterocycles. The largest absolute Gasteiger partial charge is 1.00 e. The Kier molecular flexibility index (Phi) is 15.6. The molecular formula is C47H58Cl2SiZr-2. The summed E-state index contributed by atoms with van der Waals surface area (Å²) in [5.74, 6) is 0. The van der Waals surface area contributed by atoms with E-state index in [9.17, 15) is 0 Å². The first kappa shape index (κ1) is 44.9. The minimum Gasteiger partial charge on any atom is -1.00 e. The summed E-state index contributed by atoms with van der Waals surface area (Å²) in [5.41, 5.74) is 14.3. The number of aryl methyl sites for hydroxylation is 3. The quantitative estimate of drug-likeness (QED) is 0.123. The minimum atomic E-state index is 0. The molecule has 0 N–H and O–H groups in total. The van der Waals surface area contributed by atoms with Gasteiger partial charge in [0, 0.05) is 0 Å². The molecule has 6 aromatic rings. The first-order valence-electron chi connectivity index (χ1n) is 17.8. The van der Waals surface area contributed by atoms with E-state index < -0.39 is 0 Å². The summed E-state index contributed by atoms with van der Waals surface area (Å²) in [7, 11) is 0. The summed E-state index contributed by atoms with van der Waals surface area (Å²) in [6.45, 7) is 31.7. The van der Waals surface area contributed by atoms with Crippen LogP contribution in [0.25, 0.3) is 43.8 Å². The van der Waals surface area contributed by atoms with Crippen molar-refractivity contribution in [3.8, 4) is 22.3 Å². The Hall–Kier alpha value is -2.22. The van der Waals surface area contributed by atoms with E-state index in [2.05, 4.69) is 193 Å². The summed E-state index contributed by atoms with van der Waals surface area (Å²) in [6.07, 6.45) is 0. The summed E-state index contributed by atoms with van der Waals surface area (Å²) >= 11 is 1.74. The Labute approximate surface area is 337 Å². The van der Waals surface area contributed by atoms with Gasteiger partial charge in [0.25, 0.3) is 0 Å².